The summed E-state index contributed by atoms with van der Waals surface area (Å²) in [4.78, 5) is 0. The maximum atomic E-state index is 13.8. The number of hydrogen-bond acceptors (Lipinski definition) is 3. The van der Waals surface area contributed by atoms with E-state index in [-0.39, 0.29) is 11.9 Å². The van der Waals surface area contributed by atoms with Crippen LogP contribution in [0.3, 0.4) is 0 Å². The Labute approximate surface area is 92.0 Å². The first kappa shape index (κ1) is 11.8. The molecule has 2 aliphatic rings. The molecule has 2 heterocycles. The van der Waals surface area contributed by atoms with Gasteiger partial charge in [0, 0.05) is 19.0 Å². The van der Waals surface area contributed by atoms with Crippen molar-refractivity contribution in [3.63, 3.8) is 0 Å². The summed E-state index contributed by atoms with van der Waals surface area (Å²) in [6.45, 7) is 4.89. The number of halogens is 1. The Bertz CT molecular complexity index is 245. The zero-order chi connectivity index (χ0) is 11.1. The highest BCUT2D eigenvalue weighted by molar-refractivity contribution is 7.46. The second-order valence-electron chi connectivity index (χ2n) is 4.42. The molecule has 0 amide bonds. The summed E-state index contributed by atoms with van der Waals surface area (Å²) in [7, 11) is 0.978. The smallest absolute Gasteiger partial charge is 0.167 e. The van der Waals surface area contributed by atoms with Gasteiger partial charge in [-0.05, 0) is 0 Å². The fraction of sp³-hybridized carbons (Fsp3) is 1.00. The maximum Gasteiger partial charge on any atom is 0.167 e. The normalized spacial score (nSPS) is 51.9. The molecule has 2 unspecified atom stereocenters. The summed E-state index contributed by atoms with van der Waals surface area (Å²) in [6, 6.07) is -0.329. The van der Waals surface area contributed by atoms with Gasteiger partial charge in [-0.2, -0.15) is 0 Å². The highest BCUT2D eigenvalue weighted by Gasteiger charge is 2.52. The second kappa shape index (κ2) is 4.29. The lowest BCUT2D eigenvalue weighted by Crippen LogP contribution is -2.40. The van der Waals surface area contributed by atoms with Gasteiger partial charge in [-0.3, -0.25) is 0 Å². The van der Waals surface area contributed by atoms with Gasteiger partial charge in [0.25, 0.3) is 0 Å². The van der Waals surface area contributed by atoms with Crippen LogP contribution in [0, 0.1) is 5.92 Å². The molecule has 2 fully saturated rings. The van der Waals surface area contributed by atoms with Crippen LogP contribution in [0.4, 0.5) is 4.39 Å². The Morgan fingerprint density at radius 2 is 2.20 bits per heavy atom. The molecule has 0 saturated carbocycles. The number of hydrogen-bond donors (Lipinski definition) is 0. The van der Waals surface area contributed by atoms with E-state index in [1.807, 2.05) is 13.6 Å². The van der Waals surface area contributed by atoms with Crippen LogP contribution in [-0.2, 0) is 13.8 Å². The predicted octanol–water partition coefficient (Wildman–Crippen LogP) is 1.07. The molecule has 0 aromatic rings. The summed E-state index contributed by atoms with van der Waals surface area (Å²) in [5.41, 5.74) is -0.466. The molecule has 15 heavy (non-hydrogen) atoms. The molecule has 0 aromatic heterocycles. The van der Waals surface area contributed by atoms with Crippen molar-refractivity contribution < 1.29 is 18.2 Å². The van der Waals surface area contributed by atoms with Crippen LogP contribution >= 0.6 is 8.38 Å². The van der Waals surface area contributed by atoms with Crippen molar-refractivity contribution in [1.82, 2.24) is 0 Å². The molecule has 0 N–H and O–H groups in total. The quantitative estimate of drug-likeness (QED) is 0.463. The van der Waals surface area contributed by atoms with Gasteiger partial charge in [0.15, 0.2) is 8.38 Å². The average molecular weight is 234 g/mol. The van der Waals surface area contributed by atoms with Crippen LogP contribution in [0.25, 0.3) is 0 Å². The van der Waals surface area contributed by atoms with Crippen molar-refractivity contribution in [1.29, 1.82) is 0 Å². The zero-order valence-corrected chi connectivity index (χ0v) is 10.3. The van der Waals surface area contributed by atoms with E-state index in [1.165, 1.54) is 0 Å². The van der Waals surface area contributed by atoms with Gasteiger partial charge in [-0.25, -0.2) is 4.39 Å². The monoisotopic (exact) mass is 234 g/mol. The zero-order valence-electron chi connectivity index (χ0n) is 9.40. The van der Waals surface area contributed by atoms with Gasteiger partial charge in [-0.1, -0.05) is 6.92 Å². The summed E-state index contributed by atoms with van der Waals surface area (Å²) in [5.74, 6) is -0.113. The summed E-state index contributed by atoms with van der Waals surface area (Å²) >= 11 is 0. The summed E-state index contributed by atoms with van der Waals surface area (Å²) in [5, 5.41) is 0. The Morgan fingerprint density at radius 1 is 1.47 bits per heavy atom. The molecule has 3 nitrogen and oxygen atoms in total. The molecule has 86 valence electrons. The summed E-state index contributed by atoms with van der Waals surface area (Å²) in [6.07, 6.45) is -0.166. The fourth-order valence-electron chi connectivity index (χ4n) is 2.35. The first-order chi connectivity index (χ1) is 7.05. The largest absolute Gasteiger partial charge is 0.375 e. The second-order valence-corrected chi connectivity index (χ2v) is 5.81. The third-order valence-electron chi connectivity index (χ3n) is 3.47. The van der Waals surface area contributed by atoms with Crippen LogP contribution in [0.2, 0.25) is 0 Å². The van der Waals surface area contributed by atoms with Crippen LogP contribution < -0.4 is 0 Å². The van der Waals surface area contributed by atoms with Crippen molar-refractivity contribution in [3.05, 3.63) is 0 Å². The Balaban J connectivity index is 2.12. The third-order valence-corrected chi connectivity index (χ3v) is 4.50. The molecule has 2 aliphatic heterocycles. The fourth-order valence-corrected chi connectivity index (χ4v) is 3.17. The van der Waals surface area contributed by atoms with Crippen molar-refractivity contribution in [2.24, 2.45) is 5.92 Å². The van der Waals surface area contributed by atoms with Crippen LogP contribution in [0.5, 0.6) is 0 Å². The first-order valence-electron chi connectivity index (χ1n) is 5.36. The number of rotatable bonds is 0. The molecular weight excluding hydrogens is 217 g/mol. The van der Waals surface area contributed by atoms with Crippen molar-refractivity contribution in [2.45, 2.75) is 31.1 Å². The predicted molar refractivity (Wildman–Crippen MR) is 59.6 cm³/mol. The molecule has 0 aliphatic carbocycles. The first-order valence-corrected chi connectivity index (χ1v) is 6.99. The van der Waals surface area contributed by atoms with E-state index in [0.29, 0.717) is 13.2 Å². The molecule has 2 rings (SSSR count). The molecule has 0 radical (unpaired) electrons. The van der Waals surface area contributed by atoms with E-state index in [4.69, 9.17) is 13.8 Å². The van der Waals surface area contributed by atoms with E-state index < -0.39 is 20.1 Å². The number of ether oxygens (including phenoxy) is 1. The Hall–Kier alpha value is 0.305. The van der Waals surface area contributed by atoms with Crippen molar-refractivity contribution in [3.8, 4) is 0 Å². The van der Waals surface area contributed by atoms with Gasteiger partial charge in [0.05, 0.1) is 24.8 Å². The van der Waals surface area contributed by atoms with Crippen molar-refractivity contribution in [2.75, 3.05) is 19.9 Å². The highest BCUT2D eigenvalue weighted by atomic mass is 31.2. The van der Waals surface area contributed by atoms with E-state index in [1.54, 1.807) is 7.85 Å². The molecule has 1 spiro atoms. The van der Waals surface area contributed by atoms with Gasteiger partial charge in [-0.15, -0.1) is 0 Å². The molecule has 5 atom stereocenters. The third kappa shape index (κ3) is 2.08. The minimum atomic E-state index is -0.894. The molecule has 2 saturated heterocycles. The topological polar surface area (TPSA) is 27.7 Å². The molecule has 6 heteroatoms. The van der Waals surface area contributed by atoms with E-state index in [0.717, 1.165) is 6.42 Å². The van der Waals surface area contributed by atoms with Crippen LogP contribution in [0.1, 0.15) is 13.3 Å². The minimum absolute atomic E-state index is 0.113. The lowest BCUT2D eigenvalue weighted by atomic mass is 9.82. The lowest BCUT2D eigenvalue weighted by molar-refractivity contribution is -0.0620. The maximum absolute atomic E-state index is 13.8. The van der Waals surface area contributed by atoms with Gasteiger partial charge in [0.1, 0.15) is 14.0 Å². The van der Waals surface area contributed by atoms with E-state index >= 15 is 0 Å². The molecule has 0 bridgehead atoms. The van der Waals surface area contributed by atoms with E-state index in [2.05, 4.69) is 0 Å². The highest BCUT2D eigenvalue weighted by Crippen LogP contribution is 2.46. The minimum Gasteiger partial charge on any atom is -0.375 e. The van der Waals surface area contributed by atoms with Crippen LogP contribution in [0.15, 0.2) is 0 Å². The van der Waals surface area contributed by atoms with Crippen LogP contribution in [-0.4, -0.2) is 45.5 Å². The molecular formula is C9H17BFO3P. The SMILES string of the molecule is B[C@@H]1O[C@@]2(CCOP(C)OC2)C(C)[C@@H]1F. The molecule has 0 aromatic carbocycles. The Kier molecular flexibility index (Phi) is 3.37. The lowest BCUT2D eigenvalue weighted by Gasteiger charge is -2.30. The standard InChI is InChI=1S/C9H17BFO3P/c1-6-7(11)8(10)14-9(6)3-4-12-15(2)13-5-9/h6-8H,3-5,10H2,1-2H3/t6?,7-,8+,9+,15?/m0/s1. The number of alkyl halides is 1. The van der Waals surface area contributed by atoms with E-state index in [9.17, 15) is 4.39 Å². The average Bonchev–Trinajstić information content (AvgIpc) is 2.39. The van der Waals surface area contributed by atoms with Gasteiger partial charge < -0.3 is 13.8 Å². The Morgan fingerprint density at radius 3 is 2.80 bits per heavy atom. The van der Waals surface area contributed by atoms with Gasteiger partial charge in [0.2, 0.25) is 0 Å². The van der Waals surface area contributed by atoms with Crippen molar-refractivity contribution >= 4 is 16.2 Å². The summed E-state index contributed by atoms with van der Waals surface area (Å²) < 4.78 is 30.5. The van der Waals surface area contributed by atoms with Gasteiger partial charge >= 0.3 is 0 Å².